The molecule has 0 saturated heterocycles. The second kappa shape index (κ2) is 11.9. The molecule has 1 aromatic heterocycles. The minimum Gasteiger partial charge on any atom is -0.465 e. The van der Waals surface area contributed by atoms with Gasteiger partial charge in [-0.25, -0.2) is 9.18 Å². The molecule has 1 amide bonds. The molecule has 0 aliphatic heterocycles. The van der Waals surface area contributed by atoms with Crippen LogP contribution < -0.4 is 4.80 Å². The molecule has 170 valence electrons. The van der Waals surface area contributed by atoms with E-state index in [1.165, 1.54) is 30.6 Å². The van der Waals surface area contributed by atoms with Crippen molar-refractivity contribution in [1.29, 1.82) is 0 Å². The molecule has 2 aromatic carbocycles. The highest BCUT2D eigenvalue weighted by molar-refractivity contribution is 7.99. The van der Waals surface area contributed by atoms with Crippen LogP contribution in [0.1, 0.15) is 30.1 Å². The van der Waals surface area contributed by atoms with Gasteiger partial charge in [-0.1, -0.05) is 11.3 Å². The number of hydrogen-bond donors (Lipinski definition) is 0. The van der Waals surface area contributed by atoms with Crippen molar-refractivity contribution in [2.24, 2.45) is 4.99 Å². The topological polar surface area (TPSA) is 69.9 Å². The van der Waals surface area contributed by atoms with Gasteiger partial charge in [-0.3, -0.25) is 4.79 Å². The van der Waals surface area contributed by atoms with Crippen molar-refractivity contribution in [2.45, 2.75) is 31.2 Å². The summed E-state index contributed by atoms with van der Waals surface area (Å²) in [7, 11) is 1.34. The number of methoxy groups -OCH3 is 1. The van der Waals surface area contributed by atoms with Gasteiger partial charge in [-0.2, -0.15) is 4.99 Å². The number of benzene rings is 2. The van der Waals surface area contributed by atoms with Crippen molar-refractivity contribution >= 4 is 45.2 Å². The quantitative estimate of drug-likeness (QED) is 0.242. The normalized spacial score (nSPS) is 11.8. The highest BCUT2D eigenvalue weighted by Gasteiger charge is 2.12. The molecule has 0 bridgehead atoms. The molecule has 9 heteroatoms. The Bertz CT molecular complexity index is 1140. The van der Waals surface area contributed by atoms with E-state index in [9.17, 15) is 14.0 Å². The highest BCUT2D eigenvalue weighted by Crippen LogP contribution is 2.21. The Labute approximate surface area is 194 Å². The molecule has 3 aromatic rings. The Balaban J connectivity index is 1.73. The number of halogens is 1. The van der Waals surface area contributed by atoms with Gasteiger partial charge in [0.15, 0.2) is 4.80 Å². The van der Waals surface area contributed by atoms with Crippen molar-refractivity contribution in [3.8, 4) is 0 Å². The van der Waals surface area contributed by atoms with E-state index in [1.54, 1.807) is 36.0 Å². The number of fused-ring (bicyclic) bond motifs is 1. The van der Waals surface area contributed by atoms with E-state index in [0.29, 0.717) is 43.0 Å². The van der Waals surface area contributed by atoms with Crippen LogP contribution in [0.2, 0.25) is 0 Å². The SMILES string of the molecule is CCOCCn1c(=NC(=O)CCCSc2ccc(F)cc2)sc2cc(C(=O)OC)ccc21. The average Bonchev–Trinajstić information content (AvgIpc) is 3.13. The summed E-state index contributed by atoms with van der Waals surface area (Å²) < 4.78 is 26.1. The molecule has 1 heterocycles. The van der Waals surface area contributed by atoms with Crippen LogP contribution in [-0.4, -0.2) is 42.5 Å². The summed E-state index contributed by atoms with van der Waals surface area (Å²) in [5, 5.41) is 0. The van der Waals surface area contributed by atoms with Crippen molar-refractivity contribution in [3.05, 3.63) is 58.6 Å². The number of ether oxygens (including phenoxy) is 2. The monoisotopic (exact) mass is 476 g/mol. The Hall–Kier alpha value is -2.49. The summed E-state index contributed by atoms with van der Waals surface area (Å²) in [6.07, 6.45) is 0.988. The van der Waals surface area contributed by atoms with Crippen LogP contribution in [0.4, 0.5) is 4.39 Å². The van der Waals surface area contributed by atoms with Crippen LogP contribution in [0.15, 0.2) is 52.4 Å². The Morgan fingerprint density at radius 2 is 1.97 bits per heavy atom. The molecule has 6 nitrogen and oxygen atoms in total. The van der Waals surface area contributed by atoms with Gasteiger partial charge >= 0.3 is 5.97 Å². The predicted octanol–water partition coefficient (Wildman–Crippen LogP) is 4.66. The van der Waals surface area contributed by atoms with E-state index in [1.807, 2.05) is 17.6 Å². The molecule has 0 aliphatic carbocycles. The van der Waals surface area contributed by atoms with E-state index in [0.717, 1.165) is 20.9 Å². The van der Waals surface area contributed by atoms with E-state index >= 15 is 0 Å². The molecule has 0 fully saturated rings. The fraction of sp³-hybridized carbons (Fsp3) is 0.348. The molecule has 32 heavy (non-hydrogen) atoms. The lowest BCUT2D eigenvalue weighted by atomic mass is 10.2. The average molecular weight is 477 g/mol. The maximum Gasteiger partial charge on any atom is 0.337 e. The number of carbonyl (C=O) groups excluding carboxylic acids is 2. The lowest BCUT2D eigenvalue weighted by Gasteiger charge is -2.06. The molecule has 0 radical (unpaired) electrons. The third-order valence-electron chi connectivity index (χ3n) is 4.60. The third kappa shape index (κ3) is 6.51. The zero-order valence-corrected chi connectivity index (χ0v) is 19.6. The molecule has 3 rings (SSSR count). The van der Waals surface area contributed by atoms with Gasteiger partial charge in [0.2, 0.25) is 5.91 Å². The zero-order valence-electron chi connectivity index (χ0n) is 18.0. The van der Waals surface area contributed by atoms with E-state index in [4.69, 9.17) is 9.47 Å². The zero-order chi connectivity index (χ0) is 22.9. The summed E-state index contributed by atoms with van der Waals surface area (Å²) in [4.78, 5) is 30.3. The molecule has 0 saturated carbocycles. The summed E-state index contributed by atoms with van der Waals surface area (Å²) in [6, 6.07) is 11.6. The Morgan fingerprint density at radius 1 is 1.19 bits per heavy atom. The number of hydrogen-bond acceptors (Lipinski definition) is 6. The van der Waals surface area contributed by atoms with Crippen LogP contribution >= 0.6 is 23.1 Å². The highest BCUT2D eigenvalue weighted by atomic mass is 32.2. The van der Waals surface area contributed by atoms with Gasteiger partial charge < -0.3 is 14.0 Å². The predicted molar refractivity (Wildman–Crippen MR) is 125 cm³/mol. The number of aromatic nitrogens is 1. The molecular weight excluding hydrogens is 451 g/mol. The standard InChI is InChI=1S/C23H25FN2O4S2/c1-3-30-13-12-26-19-11-6-16(22(28)29-2)15-20(19)32-23(26)25-21(27)5-4-14-31-18-9-7-17(24)8-10-18/h6-11,15H,3-5,12-14H2,1-2H3. The molecule has 0 aliphatic rings. The van der Waals surface area contributed by atoms with E-state index in [-0.39, 0.29) is 11.7 Å². The molecule has 0 atom stereocenters. The molecule has 0 spiro atoms. The lowest BCUT2D eigenvalue weighted by Crippen LogP contribution is -2.19. The fourth-order valence-corrected chi connectivity index (χ4v) is 4.99. The minimum absolute atomic E-state index is 0.199. The largest absolute Gasteiger partial charge is 0.465 e. The minimum atomic E-state index is -0.408. The molecular formula is C23H25FN2O4S2. The number of nitrogens with zero attached hydrogens (tertiary/aromatic N) is 2. The first-order chi connectivity index (χ1) is 15.5. The molecule has 0 unspecified atom stereocenters. The Kier molecular flexibility index (Phi) is 9.01. The number of esters is 1. The van der Waals surface area contributed by atoms with Gasteiger partial charge in [0.1, 0.15) is 5.82 Å². The van der Waals surface area contributed by atoms with Crippen molar-refractivity contribution < 1.29 is 23.5 Å². The second-order valence-electron chi connectivity index (χ2n) is 6.82. The number of carbonyl (C=O) groups is 2. The number of thioether (sulfide) groups is 1. The van der Waals surface area contributed by atoms with Crippen LogP contribution in [0, 0.1) is 5.82 Å². The maximum atomic E-state index is 13.0. The summed E-state index contributed by atoms with van der Waals surface area (Å²) in [6.45, 7) is 3.58. The van der Waals surface area contributed by atoms with Gasteiger partial charge in [0.25, 0.3) is 0 Å². The summed E-state index contributed by atoms with van der Waals surface area (Å²) in [5.41, 5.74) is 1.34. The fourth-order valence-electron chi connectivity index (χ4n) is 3.03. The number of thiazole rings is 1. The molecule has 0 N–H and O–H groups in total. The smallest absolute Gasteiger partial charge is 0.337 e. The van der Waals surface area contributed by atoms with Crippen LogP contribution in [-0.2, 0) is 20.8 Å². The van der Waals surface area contributed by atoms with Crippen LogP contribution in [0.3, 0.4) is 0 Å². The van der Waals surface area contributed by atoms with Gasteiger partial charge in [0, 0.05) is 24.5 Å². The second-order valence-corrected chi connectivity index (χ2v) is 9.00. The maximum absolute atomic E-state index is 13.0. The van der Waals surface area contributed by atoms with Crippen molar-refractivity contribution in [3.63, 3.8) is 0 Å². The van der Waals surface area contributed by atoms with Crippen molar-refractivity contribution in [2.75, 3.05) is 26.1 Å². The van der Waals surface area contributed by atoms with Gasteiger partial charge in [-0.15, -0.1) is 11.8 Å². The van der Waals surface area contributed by atoms with Crippen LogP contribution in [0.5, 0.6) is 0 Å². The summed E-state index contributed by atoms with van der Waals surface area (Å²) >= 11 is 2.94. The van der Waals surface area contributed by atoms with E-state index in [2.05, 4.69) is 4.99 Å². The summed E-state index contributed by atoms with van der Waals surface area (Å²) in [5.74, 6) is -0.126. The third-order valence-corrected chi connectivity index (χ3v) is 6.74. The van der Waals surface area contributed by atoms with Crippen LogP contribution in [0.25, 0.3) is 10.2 Å². The van der Waals surface area contributed by atoms with Gasteiger partial charge in [-0.05, 0) is 61.6 Å². The number of amides is 1. The lowest BCUT2D eigenvalue weighted by molar-refractivity contribution is -0.118. The number of rotatable bonds is 10. The first kappa shape index (κ1) is 24.2. The Morgan fingerprint density at radius 3 is 2.69 bits per heavy atom. The first-order valence-electron chi connectivity index (χ1n) is 10.3. The first-order valence-corrected chi connectivity index (χ1v) is 12.1. The van der Waals surface area contributed by atoms with Gasteiger partial charge in [0.05, 0.1) is 29.5 Å². The van der Waals surface area contributed by atoms with Crippen molar-refractivity contribution in [1.82, 2.24) is 4.57 Å². The van der Waals surface area contributed by atoms with E-state index < -0.39 is 5.97 Å².